The average Bonchev–Trinajstić information content (AvgIpc) is 3.41. The molecule has 436 valence electrons. The molecule has 19 heteroatoms. The topological polar surface area (TPSA) is 307 Å². The van der Waals surface area contributed by atoms with Crippen molar-refractivity contribution in [2.24, 2.45) is 0 Å². The third-order valence-corrected chi connectivity index (χ3v) is 14.2. The van der Waals surface area contributed by atoms with E-state index in [9.17, 15) is 61.0 Å². The largest absolute Gasteiger partial charge is 0.394 e. The summed E-state index contributed by atoms with van der Waals surface area (Å²) >= 11 is 0. The van der Waals surface area contributed by atoms with Gasteiger partial charge in [0.2, 0.25) is 5.91 Å². The maximum absolute atomic E-state index is 13.2. The van der Waals surface area contributed by atoms with E-state index in [1.807, 2.05) is 13.0 Å². The minimum atomic E-state index is -1.98. The van der Waals surface area contributed by atoms with E-state index in [-0.39, 0.29) is 18.9 Å². The molecular weight excluding hydrogens is 975 g/mol. The number of amides is 1. The number of hydrogen-bond donors (Lipinski definition) is 12. The quantitative estimate of drug-likeness (QED) is 0.0306. The number of hydrogen-bond acceptors (Lipinski definition) is 18. The number of unbranched alkanes of at least 4 members (excludes halogenated alkanes) is 19. The Balaban J connectivity index is 1.48. The molecule has 17 unspecified atom stereocenters. The summed E-state index contributed by atoms with van der Waals surface area (Å²) in [6, 6.07) is -0.995. The first kappa shape index (κ1) is 67.0. The van der Waals surface area contributed by atoms with E-state index in [4.69, 9.17) is 28.4 Å². The molecule has 75 heavy (non-hydrogen) atoms. The van der Waals surface area contributed by atoms with Crippen molar-refractivity contribution in [2.45, 2.75) is 272 Å². The normalized spacial score (nSPS) is 31.6. The Morgan fingerprint density at radius 2 is 0.907 bits per heavy atom. The van der Waals surface area contributed by atoms with Crippen molar-refractivity contribution in [3.63, 3.8) is 0 Å². The Hall–Kier alpha value is -2.25. The molecule has 0 aromatic heterocycles. The Morgan fingerprint density at radius 3 is 1.41 bits per heavy atom. The number of allylic oxidation sites excluding steroid dienone is 7. The molecular formula is C56H99NO18. The molecule has 12 N–H and O–H groups in total. The summed E-state index contributed by atoms with van der Waals surface area (Å²) in [5.74, 6) is -0.297. The highest BCUT2D eigenvalue weighted by Crippen LogP contribution is 2.33. The van der Waals surface area contributed by atoms with Crippen LogP contribution in [0.25, 0.3) is 0 Å². The van der Waals surface area contributed by atoms with Gasteiger partial charge < -0.3 is 89.9 Å². The Labute approximate surface area is 446 Å². The lowest BCUT2D eigenvalue weighted by Crippen LogP contribution is -2.66. The number of rotatable bonds is 40. The fourth-order valence-corrected chi connectivity index (χ4v) is 9.46. The van der Waals surface area contributed by atoms with Crippen molar-refractivity contribution in [2.75, 3.05) is 26.4 Å². The molecule has 0 aromatic carbocycles. The van der Waals surface area contributed by atoms with Gasteiger partial charge in [-0.15, -0.1) is 0 Å². The fraction of sp³-hybridized carbons (Fsp3) is 0.839. The molecule has 19 nitrogen and oxygen atoms in total. The molecule has 0 aliphatic carbocycles. The maximum atomic E-state index is 13.2. The second-order valence-corrected chi connectivity index (χ2v) is 20.4. The smallest absolute Gasteiger partial charge is 0.220 e. The van der Waals surface area contributed by atoms with E-state index in [1.54, 1.807) is 12.2 Å². The van der Waals surface area contributed by atoms with E-state index in [0.717, 1.165) is 51.4 Å². The van der Waals surface area contributed by atoms with E-state index >= 15 is 0 Å². The van der Waals surface area contributed by atoms with Gasteiger partial charge in [-0.25, -0.2) is 0 Å². The number of nitrogens with one attached hydrogen (secondary N) is 1. The molecule has 3 aliphatic heterocycles. The second kappa shape index (κ2) is 40.0. The van der Waals surface area contributed by atoms with E-state index < -0.39 is 124 Å². The minimum Gasteiger partial charge on any atom is -0.394 e. The summed E-state index contributed by atoms with van der Waals surface area (Å²) in [6.45, 7) is 1.43. The third-order valence-electron chi connectivity index (χ3n) is 14.2. The zero-order valence-electron chi connectivity index (χ0n) is 45.0. The molecule has 0 aromatic rings. The minimum absolute atomic E-state index is 0.228. The van der Waals surface area contributed by atoms with Crippen LogP contribution in [0.5, 0.6) is 0 Å². The summed E-state index contributed by atoms with van der Waals surface area (Å²) < 4.78 is 34.1. The third kappa shape index (κ3) is 24.8. The number of carbonyl (C=O) groups excluding carboxylic acids is 1. The van der Waals surface area contributed by atoms with Crippen molar-refractivity contribution >= 4 is 5.91 Å². The van der Waals surface area contributed by atoms with Crippen molar-refractivity contribution in [3.8, 4) is 0 Å². The highest BCUT2D eigenvalue weighted by molar-refractivity contribution is 5.76. The molecule has 0 spiro atoms. The average molecular weight is 1070 g/mol. The molecule has 3 saturated heterocycles. The van der Waals surface area contributed by atoms with Crippen LogP contribution in [-0.4, -0.2) is 193 Å². The first-order valence-corrected chi connectivity index (χ1v) is 28.4. The summed E-state index contributed by atoms with van der Waals surface area (Å²) in [7, 11) is 0. The van der Waals surface area contributed by atoms with Crippen LogP contribution in [0.4, 0.5) is 0 Å². The van der Waals surface area contributed by atoms with E-state index in [1.165, 1.54) is 83.5 Å². The molecule has 0 saturated carbocycles. The summed E-state index contributed by atoms with van der Waals surface area (Å²) in [6.07, 6.45) is 15.7. The second-order valence-electron chi connectivity index (χ2n) is 20.4. The summed E-state index contributed by atoms with van der Waals surface area (Å²) in [5, 5.41) is 120. The lowest BCUT2D eigenvalue weighted by atomic mass is 9.96. The van der Waals surface area contributed by atoms with Gasteiger partial charge in [0.25, 0.3) is 0 Å². The lowest BCUT2D eigenvalue weighted by molar-refractivity contribution is -0.379. The molecule has 1 amide bonds. The Morgan fingerprint density at radius 1 is 0.493 bits per heavy atom. The highest BCUT2D eigenvalue weighted by atomic mass is 16.8. The van der Waals surface area contributed by atoms with Crippen LogP contribution in [-0.2, 0) is 33.2 Å². The zero-order chi connectivity index (χ0) is 54.8. The van der Waals surface area contributed by atoms with Crippen LogP contribution in [0.3, 0.4) is 0 Å². The Kier molecular flexibility index (Phi) is 35.8. The molecule has 3 rings (SSSR count). The van der Waals surface area contributed by atoms with Gasteiger partial charge in [0.1, 0.15) is 73.2 Å². The van der Waals surface area contributed by atoms with Crippen molar-refractivity contribution in [1.82, 2.24) is 5.32 Å². The van der Waals surface area contributed by atoms with E-state index in [2.05, 4.69) is 42.6 Å². The first-order chi connectivity index (χ1) is 36.3. The van der Waals surface area contributed by atoms with Crippen molar-refractivity contribution in [1.29, 1.82) is 0 Å². The van der Waals surface area contributed by atoms with Gasteiger partial charge in [0, 0.05) is 6.42 Å². The molecule has 17 atom stereocenters. The Bertz CT molecular complexity index is 1570. The monoisotopic (exact) mass is 1070 g/mol. The molecule has 3 heterocycles. The SMILES string of the molecule is C/C=C/CC/C=C/CC/C=C/C(O)C(COC1OC(CO)C(OC2OC(CO)C(OC3OC(CO)C(O)C(O)C3O)C(O)C2O)C(O)C1O)NC(=O)CCCCCCCCCCC/C=C\CCCCCCCCCC. The predicted molar refractivity (Wildman–Crippen MR) is 282 cm³/mol. The predicted octanol–water partition coefficient (Wildman–Crippen LogP) is 3.92. The van der Waals surface area contributed by atoms with Crippen LogP contribution in [0.2, 0.25) is 0 Å². The van der Waals surface area contributed by atoms with Crippen LogP contribution in [0.15, 0.2) is 48.6 Å². The summed E-state index contributed by atoms with van der Waals surface area (Å²) in [4.78, 5) is 13.2. The number of aliphatic hydroxyl groups excluding tert-OH is 11. The van der Waals surface area contributed by atoms with Crippen molar-refractivity contribution < 1.29 is 89.4 Å². The fourth-order valence-electron chi connectivity index (χ4n) is 9.46. The van der Waals surface area contributed by atoms with Crippen LogP contribution in [0.1, 0.15) is 168 Å². The molecule has 3 aliphatic rings. The van der Waals surface area contributed by atoms with Crippen molar-refractivity contribution in [3.05, 3.63) is 48.6 Å². The van der Waals surface area contributed by atoms with Gasteiger partial charge in [-0.05, 0) is 64.7 Å². The van der Waals surface area contributed by atoms with E-state index in [0.29, 0.717) is 12.8 Å². The standard InChI is InChI=1S/C56H99NO18/c1-3-5-7-9-11-13-14-15-16-17-18-19-20-21-22-23-24-26-28-30-32-34-44(62)57-39(40(61)33-31-29-27-25-12-10-8-6-4-2)38-70-54-50(68)47(65)52(42(36-59)72-54)75-56-51(69)48(66)53(43(37-60)73-56)74-55-49(67)46(64)45(63)41(35-58)71-55/h4,6,12,17-18,25,31,33,39-43,45-56,58-61,63-69H,3,5,7-11,13-16,19-24,26-30,32,34-38H2,1-2H3,(H,57,62)/b6-4+,18-17-,25-12+,33-31+. The van der Waals surface area contributed by atoms with Gasteiger partial charge in [-0.2, -0.15) is 0 Å². The van der Waals surface area contributed by atoms with Gasteiger partial charge >= 0.3 is 0 Å². The zero-order valence-corrected chi connectivity index (χ0v) is 45.0. The summed E-state index contributed by atoms with van der Waals surface area (Å²) in [5.41, 5.74) is 0. The van der Waals surface area contributed by atoms with Gasteiger partial charge in [-0.1, -0.05) is 145 Å². The van der Waals surface area contributed by atoms with Gasteiger partial charge in [0.05, 0.1) is 38.6 Å². The molecule has 0 radical (unpaired) electrons. The lowest BCUT2D eigenvalue weighted by Gasteiger charge is -2.48. The highest BCUT2D eigenvalue weighted by Gasteiger charge is 2.53. The number of carbonyl (C=O) groups is 1. The van der Waals surface area contributed by atoms with Crippen LogP contribution >= 0.6 is 0 Å². The number of aliphatic hydroxyl groups is 11. The number of ether oxygens (including phenoxy) is 6. The first-order valence-electron chi connectivity index (χ1n) is 28.4. The molecule has 0 bridgehead atoms. The van der Waals surface area contributed by atoms with Crippen LogP contribution in [0, 0.1) is 0 Å². The maximum Gasteiger partial charge on any atom is 0.220 e. The van der Waals surface area contributed by atoms with Gasteiger partial charge in [-0.3, -0.25) is 4.79 Å². The van der Waals surface area contributed by atoms with Crippen LogP contribution < -0.4 is 5.32 Å². The van der Waals surface area contributed by atoms with Gasteiger partial charge in [0.15, 0.2) is 18.9 Å². The molecule has 3 fully saturated rings.